The summed E-state index contributed by atoms with van der Waals surface area (Å²) >= 11 is 0.715. The first-order valence-electron chi connectivity index (χ1n) is 7.39. The van der Waals surface area contributed by atoms with Crippen LogP contribution in [0.15, 0.2) is 0 Å². The summed E-state index contributed by atoms with van der Waals surface area (Å²) in [5.74, 6) is 0. The summed E-state index contributed by atoms with van der Waals surface area (Å²) in [6.07, 6.45) is 0. The normalized spacial score (nSPS) is 9.53. The van der Waals surface area contributed by atoms with E-state index in [2.05, 4.69) is 48.5 Å². The molecule has 3 heteroatoms. The van der Waals surface area contributed by atoms with Gasteiger partial charge in [-0.15, -0.1) is 0 Å². The van der Waals surface area contributed by atoms with Crippen LogP contribution in [0.2, 0.25) is 35.6 Å². The van der Waals surface area contributed by atoms with Crippen LogP contribution in [0.4, 0.5) is 0 Å². The standard InChI is InChI=1S/2C6H15Ge.C2H5.Bi/c2*1-4-7(5-2)6-3;1-2;/h2*4-6H2,1-3H3;1H2,2H3;. The van der Waals surface area contributed by atoms with Gasteiger partial charge in [-0.2, -0.15) is 0 Å². The molecule has 0 aromatic rings. The van der Waals surface area contributed by atoms with E-state index in [1.807, 2.05) is 0 Å². The van der Waals surface area contributed by atoms with Crippen molar-refractivity contribution in [1.29, 1.82) is 0 Å². The van der Waals surface area contributed by atoms with Crippen molar-refractivity contribution in [3.05, 3.63) is 0 Å². The molecule has 0 N–H and O–H groups in total. The van der Waals surface area contributed by atoms with E-state index in [4.69, 9.17) is 0 Å². The van der Waals surface area contributed by atoms with Crippen LogP contribution in [0.5, 0.6) is 0 Å². The van der Waals surface area contributed by atoms with Crippen LogP contribution in [-0.4, -0.2) is 53.4 Å². The van der Waals surface area contributed by atoms with Gasteiger partial charge in [0.1, 0.15) is 0 Å². The first-order valence-corrected chi connectivity index (χ1v) is 18.7. The van der Waals surface area contributed by atoms with Gasteiger partial charge >= 0.3 is 138 Å². The summed E-state index contributed by atoms with van der Waals surface area (Å²) in [6, 6.07) is 0. The molecule has 0 rings (SSSR count). The first kappa shape index (κ1) is 24.0. The van der Waals surface area contributed by atoms with Crippen molar-refractivity contribution in [2.45, 2.75) is 84.1 Å². The predicted molar refractivity (Wildman–Crippen MR) is 90.6 cm³/mol. The van der Waals surface area contributed by atoms with Crippen LogP contribution in [0.1, 0.15) is 48.5 Å². The van der Waals surface area contributed by atoms with Gasteiger partial charge < -0.3 is 0 Å². The second kappa shape index (κ2) is 23.1. The van der Waals surface area contributed by atoms with E-state index in [0.29, 0.717) is 0 Å². The third-order valence-corrected chi connectivity index (χ3v) is 15.6. The van der Waals surface area contributed by atoms with Gasteiger partial charge in [0.05, 0.1) is 0 Å². The zero-order valence-electron chi connectivity index (χ0n) is 13.4. The zero-order valence-corrected chi connectivity index (χ0v) is 21.1. The molecule has 0 aromatic carbocycles. The van der Waals surface area contributed by atoms with Crippen LogP contribution < -0.4 is 0 Å². The van der Waals surface area contributed by atoms with Crippen LogP contribution >= 0.6 is 0 Å². The fraction of sp³-hybridized carbons (Fsp3) is 1.00. The Hall–Kier alpha value is 1.97. The second-order valence-electron chi connectivity index (χ2n) is 3.94. The Balaban J connectivity index is -0.000000188. The molecular formula is C14H35BiGe2. The van der Waals surface area contributed by atoms with Crippen molar-refractivity contribution in [2.24, 2.45) is 0 Å². The van der Waals surface area contributed by atoms with Gasteiger partial charge in [0.2, 0.25) is 0 Å². The van der Waals surface area contributed by atoms with Gasteiger partial charge in [-0.1, -0.05) is 0 Å². The molecule has 0 bridgehead atoms. The summed E-state index contributed by atoms with van der Waals surface area (Å²) in [4.78, 5) is 0. The molecule has 0 spiro atoms. The molecule has 0 saturated heterocycles. The quantitative estimate of drug-likeness (QED) is 0.369. The number of hydrogen-bond acceptors (Lipinski definition) is 0. The molecule has 0 atom stereocenters. The average Bonchev–Trinajstić information content (AvgIpc) is 2.35. The molecule has 0 aliphatic carbocycles. The third-order valence-electron chi connectivity index (χ3n) is 3.00. The molecule has 4 radical (unpaired) electrons. The molecule has 0 nitrogen and oxygen atoms in total. The minimum atomic E-state index is -0.403. The Kier molecular flexibility index (Phi) is 32.6. The van der Waals surface area contributed by atoms with Crippen molar-refractivity contribution in [3.8, 4) is 0 Å². The van der Waals surface area contributed by atoms with Gasteiger partial charge in [-0.25, -0.2) is 0 Å². The van der Waals surface area contributed by atoms with E-state index in [0.717, 1.165) is 0 Å². The van der Waals surface area contributed by atoms with E-state index >= 15 is 0 Å². The third kappa shape index (κ3) is 23.5. The molecule has 0 aliphatic rings. The molecule has 0 saturated carbocycles. The maximum atomic E-state index is 2.34. The van der Waals surface area contributed by atoms with Gasteiger partial charge in [0.15, 0.2) is 0 Å². The molecule has 0 unspecified atom stereocenters. The molecule has 0 aliphatic heterocycles. The van der Waals surface area contributed by atoms with E-state index in [1.54, 1.807) is 0 Å². The van der Waals surface area contributed by atoms with E-state index in [-0.39, 0.29) is 0 Å². The zero-order chi connectivity index (χ0) is 14.1. The van der Waals surface area contributed by atoms with Crippen LogP contribution in [-0.2, 0) is 0 Å². The minimum absolute atomic E-state index is 0.403. The van der Waals surface area contributed by atoms with Crippen molar-refractivity contribution < 1.29 is 0 Å². The molecule has 0 aromatic heterocycles. The number of rotatable bonds is 6. The molecule has 0 fully saturated rings. The second-order valence-corrected chi connectivity index (χ2v) is 21.6. The van der Waals surface area contributed by atoms with Crippen molar-refractivity contribution in [1.82, 2.24) is 0 Å². The summed E-state index contributed by atoms with van der Waals surface area (Å²) < 4.78 is 1.36. The summed E-state index contributed by atoms with van der Waals surface area (Å²) in [5, 5.41) is 9.12. The Labute approximate surface area is 136 Å². The fourth-order valence-electron chi connectivity index (χ4n) is 1.50. The Bertz CT molecular complexity index is 79.4. The average molecular weight is 558 g/mol. The van der Waals surface area contributed by atoms with E-state index < -0.39 is 28.7 Å². The number of hydrogen-bond donors (Lipinski definition) is 0. The maximum absolute atomic E-state index is 2.34. The van der Waals surface area contributed by atoms with Gasteiger partial charge in [0, 0.05) is 0 Å². The molecule has 104 valence electrons. The van der Waals surface area contributed by atoms with Gasteiger partial charge in [-0.05, 0) is 0 Å². The van der Waals surface area contributed by atoms with Crippen LogP contribution in [0.25, 0.3) is 0 Å². The topological polar surface area (TPSA) is 0 Å². The van der Waals surface area contributed by atoms with Gasteiger partial charge in [0.25, 0.3) is 0 Å². The fourth-order valence-corrected chi connectivity index (χ4v) is 7.79. The van der Waals surface area contributed by atoms with Crippen LogP contribution in [0, 0.1) is 0 Å². The monoisotopic (exact) mass is 560 g/mol. The summed E-state index contributed by atoms with van der Waals surface area (Å²) in [5.41, 5.74) is 0. The Morgan fingerprint density at radius 1 is 0.529 bits per heavy atom. The Morgan fingerprint density at radius 3 is 0.647 bits per heavy atom. The summed E-state index contributed by atoms with van der Waals surface area (Å²) in [7, 11) is 0. The SMILES string of the molecule is C[CH2][Bi].C[CH2][Ge]([CH2]C)[CH2]C.C[CH2][Ge]([CH2]C)[CH2]C. The predicted octanol–water partition coefficient (Wildman–Crippen LogP) is 5.67. The molecule has 17 heavy (non-hydrogen) atoms. The van der Waals surface area contributed by atoms with Crippen molar-refractivity contribution in [3.63, 3.8) is 0 Å². The van der Waals surface area contributed by atoms with E-state index in [1.165, 1.54) is 60.4 Å². The molecule has 0 heterocycles. The van der Waals surface area contributed by atoms with E-state index in [9.17, 15) is 0 Å². The first-order chi connectivity index (χ1) is 8.11. The molecule has 0 amide bonds. The van der Waals surface area contributed by atoms with Gasteiger partial charge in [-0.3, -0.25) is 0 Å². The van der Waals surface area contributed by atoms with Crippen LogP contribution in [0.3, 0.4) is 0 Å². The summed E-state index contributed by atoms with van der Waals surface area (Å²) in [6.45, 7) is 16.2. The molecular weight excluding hydrogens is 522 g/mol. The van der Waals surface area contributed by atoms with Crippen molar-refractivity contribution in [2.75, 3.05) is 0 Å². The van der Waals surface area contributed by atoms with Crippen molar-refractivity contribution >= 4 is 53.4 Å². The Morgan fingerprint density at radius 2 is 0.647 bits per heavy atom.